The fraction of sp³-hybridized carbons (Fsp3) is 0.846. The average molecular weight is 290 g/mol. The van der Waals surface area contributed by atoms with Crippen molar-refractivity contribution in [2.24, 2.45) is 11.7 Å². The molecular weight excluding hydrogens is 266 g/mol. The molecule has 4 N–H and O–H groups in total. The Morgan fingerprint density at radius 3 is 2.53 bits per heavy atom. The van der Waals surface area contributed by atoms with Gasteiger partial charge in [-0.25, -0.2) is 0 Å². The Morgan fingerprint density at radius 1 is 1.32 bits per heavy atom. The van der Waals surface area contributed by atoms with Crippen LogP contribution in [-0.2, 0) is 9.59 Å². The highest BCUT2D eigenvalue weighted by molar-refractivity contribution is 5.90. The molecule has 19 heavy (non-hydrogen) atoms. The van der Waals surface area contributed by atoms with Crippen LogP contribution in [0.5, 0.6) is 0 Å². The SMILES string of the molecule is Cl.NCC(NC(=O)[C@@H]1CCC(=O)N1)C1CCCCC1. The molecule has 0 radical (unpaired) electrons. The maximum Gasteiger partial charge on any atom is 0.242 e. The third kappa shape index (κ3) is 4.35. The second-order valence-electron chi connectivity index (χ2n) is 5.41. The van der Waals surface area contributed by atoms with Crippen LogP contribution in [0.25, 0.3) is 0 Å². The summed E-state index contributed by atoms with van der Waals surface area (Å²) in [5.41, 5.74) is 5.78. The molecule has 2 aliphatic rings. The van der Waals surface area contributed by atoms with Gasteiger partial charge in [0.2, 0.25) is 11.8 Å². The van der Waals surface area contributed by atoms with Crippen molar-refractivity contribution in [1.82, 2.24) is 10.6 Å². The maximum absolute atomic E-state index is 12.0. The Kier molecular flexibility index (Phi) is 6.58. The van der Waals surface area contributed by atoms with E-state index in [0.717, 1.165) is 12.8 Å². The fourth-order valence-electron chi connectivity index (χ4n) is 3.00. The van der Waals surface area contributed by atoms with Gasteiger partial charge in [0, 0.05) is 19.0 Å². The smallest absolute Gasteiger partial charge is 0.242 e. The van der Waals surface area contributed by atoms with Crippen LogP contribution in [0.15, 0.2) is 0 Å². The first kappa shape index (κ1) is 16.2. The minimum absolute atomic E-state index is 0. The van der Waals surface area contributed by atoms with Gasteiger partial charge in [-0.1, -0.05) is 19.3 Å². The molecule has 110 valence electrons. The van der Waals surface area contributed by atoms with Crippen LogP contribution in [-0.4, -0.2) is 30.4 Å². The van der Waals surface area contributed by atoms with Crippen molar-refractivity contribution in [2.75, 3.05) is 6.54 Å². The third-order valence-electron chi connectivity index (χ3n) is 4.11. The van der Waals surface area contributed by atoms with Crippen molar-refractivity contribution in [2.45, 2.75) is 57.0 Å². The zero-order valence-electron chi connectivity index (χ0n) is 11.2. The molecule has 0 aromatic heterocycles. The quantitative estimate of drug-likeness (QED) is 0.713. The number of rotatable bonds is 4. The molecule has 0 aromatic rings. The normalized spacial score (nSPS) is 25.3. The number of nitrogens with two attached hydrogens (primary N) is 1. The minimum Gasteiger partial charge on any atom is -0.350 e. The van der Waals surface area contributed by atoms with E-state index in [4.69, 9.17) is 5.73 Å². The number of carbonyl (C=O) groups excluding carboxylic acids is 2. The van der Waals surface area contributed by atoms with Crippen LogP contribution in [0.1, 0.15) is 44.9 Å². The lowest BCUT2D eigenvalue weighted by molar-refractivity contribution is -0.126. The van der Waals surface area contributed by atoms with E-state index in [1.54, 1.807) is 0 Å². The van der Waals surface area contributed by atoms with Gasteiger partial charge < -0.3 is 16.4 Å². The summed E-state index contributed by atoms with van der Waals surface area (Å²) < 4.78 is 0. The highest BCUT2D eigenvalue weighted by Crippen LogP contribution is 2.26. The largest absolute Gasteiger partial charge is 0.350 e. The first-order chi connectivity index (χ1) is 8.70. The Bertz CT molecular complexity index is 319. The lowest BCUT2D eigenvalue weighted by Gasteiger charge is -2.30. The van der Waals surface area contributed by atoms with Crippen LogP contribution in [0.2, 0.25) is 0 Å². The number of hydrogen-bond donors (Lipinski definition) is 3. The van der Waals surface area contributed by atoms with E-state index < -0.39 is 0 Å². The number of nitrogens with one attached hydrogen (secondary N) is 2. The van der Waals surface area contributed by atoms with Crippen molar-refractivity contribution in [3.63, 3.8) is 0 Å². The van der Waals surface area contributed by atoms with Gasteiger partial charge in [-0.2, -0.15) is 0 Å². The Labute approximate surface area is 120 Å². The highest BCUT2D eigenvalue weighted by Gasteiger charge is 2.30. The van der Waals surface area contributed by atoms with Gasteiger partial charge in [0.1, 0.15) is 6.04 Å². The molecule has 1 saturated heterocycles. The molecule has 5 nitrogen and oxygen atoms in total. The summed E-state index contributed by atoms with van der Waals surface area (Å²) in [6, 6.07) is -0.287. The summed E-state index contributed by atoms with van der Waals surface area (Å²) >= 11 is 0. The summed E-state index contributed by atoms with van der Waals surface area (Å²) in [5.74, 6) is 0.406. The lowest BCUT2D eigenvalue weighted by Crippen LogP contribution is -2.51. The van der Waals surface area contributed by atoms with Gasteiger partial charge in [0.25, 0.3) is 0 Å². The number of hydrogen-bond acceptors (Lipinski definition) is 3. The molecule has 0 aromatic carbocycles. The molecule has 1 aliphatic carbocycles. The average Bonchev–Trinajstić information content (AvgIpc) is 2.83. The molecule has 2 rings (SSSR count). The summed E-state index contributed by atoms with van der Waals surface area (Å²) in [7, 11) is 0. The number of carbonyl (C=O) groups is 2. The second kappa shape index (κ2) is 7.70. The van der Waals surface area contributed by atoms with Gasteiger partial charge in [0.15, 0.2) is 0 Å². The van der Waals surface area contributed by atoms with E-state index in [-0.39, 0.29) is 36.3 Å². The molecular formula is C13H24ClN3O2. The molecule has 1 heterocycles. The topological polar surface area (TPSA) is 84.2 Å². The zero-order valence-corrected chi connectivity index (χ0v) is 12.0. The predicted octanol–water partition coefficient (Wildman–Crippen LogP) is 0.711. The molecule has 0 spiro atoms. The molecule has 2 amide bonds. The van der Waals surface area contributed by atoms with Crippen LogP contribution in [0.4, 0.5) is 0 Å². The number of amides is 2. The summed E-state index contributed by atoms with van der Waals surface area (Å²) in [6.07, 6.45) is 7.12. The van der Waals surface area contributed by atoms with Crippen molar-refractivity contribution in [3.8, 4) is 0 Å². The lowest BCUT2D eigenvalue weighted by atomic mass is 9.84. The van der Waals surface area contributed by atoms with Crippen LogP contribution < -0.4 is 16.4 Å². The van der Waals surface area contributed by atoms with Crippen LogP contribution >= 0.6 is 12.4 Å². The Balaban J connectivity index is 0.00000180. The van der Waals surface area contributed by atoms with E-state index in [2.05, 4.69) is 10.6 Å². The summed E-state index contributed by atoms with van der Waals surface area (Å²) in [5, 5.41) is 5.71. The fourth-order valence-corrected chi connectivity index (χ4v) is 3.00. The second-order valence-corrected chi connectivity index (χ2v) is 5.41. The molecule has 2 fully saturated rings. The van der Waals surface area contributed by atoms with E-state index in [0.29, 0.717) is 25.3 Å². The van der Waals surface area contributed by atoms with Crippen molar-refractivity contribution >= 4 is 24.2 Å². The predicted molar refractivity (Wildman–Crippen MR) is 76.0 cm³/mol. The molecule has 0 bridgehead atoms. The maximum atomic E-state index is 12.0. The summed E-state index contributed by atoms with van der Waals surface area (Å²) in [4.78, 5) is 23.1. The van der Waals surface area contributed by atoms with E-state index in [1.165, 1.54) is 19.3 Å². The van der Waals surface area contributed by atoms with Crippen molar-refractivity contribution in [3.05, 3.63) is 0 Å². The van der Waals surface area contributed by atoms with Gasteiger partial charge in [-0.15, -0.1) is 12.4 Å². The van der Waals surface area contributed by atoms with Crippen LogP contribution in [0.3, 0.4) is 0 Å². The van der Waals surface area contributed by atoms with Crippen molar-refractivity contribution < 1.29 is 9.59 Å². The molecule has 6 heteroatoms. The van der Waals surface area contributed by atoms with Crippen LogP contribution in [0, 0.1) is 5.92 Å². The highest BCUT2D eigenvalue weighted by atomic mass is 35.5. The van der Waals surface area contributed by atoms with Gasteiger partial charge >= 0.3 is 0 Å². The van der Waals surface area contributed by atoms with Crippen molar-refractivity contribution in [1.29, 1.82) is 0 Å². The van der Waals surface area contributed by atoms with E-state index in [9.17, 15) is 9.59 Å². The third-order valence-corrected chi connectivity index (χ3v) is 4.11. The Hall–Kier alpha value is -0.810. The molecule has 1 aliphatic heterocycles. The van der Waals surface area contributed by atoms with Gasteiger partial charge in [-0.05, 0) is 25.2 Å². The summed E-state index contributed by atoms with van der Waals surface area (Å²) in [6.45, 7) is 0.483. The van der Waals surface area contributed by atoms with E-state index in [1.807, 2.05) is 0 Å². The zero-order chi connectivity index (χ0) is 13.0. The molecule has 1 saturated carbocycles. The standard InChI is InChI=1S/C13H23N3O2.ClH/c14-8-11(9-4-2-1-3-5-9)16-13(18)10-6-7-12(17)15-10;/h9-11H,1-8,14H2,(H,15,17)(H,16,18);1H/t10-,11?;/m0./s1. The molecule has 1 unspecified atom stereocenters. The van der Waals surface area contributed by atoms with Gasteiger partial charge in [-0.3, -0.25) is 9.59 Å². The Morgan fingerprint density at radius 2 is 2.00 bits per heavy atom. The first-order valence-corrected chi connectivity index (χ1v) is 7.00. The van der Waals surface area contributed by atoms with Gasteiger partial charge in [0.05, 0.1) is 0 Å². The molecule has 2 atom stereocenters. The number of halogens is 1. The monoisotopic (exact) mass is 289 g/mol. The first-order valence-electron chi connectivity index (χ1n) is 7.00. The minimum atomic E-state index is -0.352. The van der Waals surface area contributed by atoms with E-state index >= 15 is 0 Å².